The normalized spacial score (nSPS) is 20.4. The minimum atomic E-state index is -0.334. The van der Waals surface area contributed by atoms with Crippen LogP contribution in [0.5, 0.6) is 5.75 Å². The number of ether oxygens (including phenoxy) is 1. The van der Waals surface area contributed by atoms with Gasteiger partial charge in [-0.2, -0.15) is 0 Å². The average Bonchev–Trinajstić information content (AvgIpc) is 3.33. The van der Waals surface area contributed by atoms with Gasteiger partial charge in [0.2, 0.25) is 5.91 Å². The lowest BCUT2D eigenvalue weighted by molar-refractivity contribution is -0.136. The third-order valence-corrected chi connectivity index (χ3v) is 7.38. The zero-order valence-electron chi connectivity index (χ0n) is 17.5. The van der Waals surface area contributed by atoms with E-state index in [1.807, 2.05) is 35.7 Å². The van der Waals surface area contributed by atoms with Gasteiger partial charge in [-0.25, -0.2) is 4.98 Å². The van der Waals surface area contributed by atoms with Gasteiger partial charge in [-0.15, -0.1) is 11.3 Å². The number of aliphatic hydroxyl groups excluding tert-OH is 1. The van der Waals surface area contributed by atoms with E-state index in [0.717, 1.165) is 41.6 Å². The van der Waals surface area contributed by atoms with Gasteiger partial charge in [0.1, 0.15) is 10.8 Å². The number of rotatable bonds is 4. The van der Waals surface area contributed by atoms with Crippen LogP contribution in [0, 0.1) is 0 Å². The van der Waals surface area contributed by atoms with E-state index in [1.165, 1.54) is 10.9 Å². The topological polar surface area (TPSA) is 70.8 Å². The first kappa shape index (κ1) is 19.5. The standard InChI is InChI=1S/C22H26N4O3S/c1-14(28)26-13-22(11-25(12-22)9-19-23-6-7-30-19)20-16-5-4-15(29-3)8-17(16)24(2)21(20)18(26)10-27/h4-8,18,27H,9-13H2,1-3H3/t18-/m1/s1. The van der Waals surface area contributed by atoms with Crippen molar-refractivity contribution in [2.75, 3.05) is 33.4 Å². The lowest BCUT2D eigenvalue weighted by atomic mass is 9.68. The van der Waals surface area contributed by atoms with Crippen LogP contribution >= 0.6 is 11.3 Å². The van der Waals surface area contributed by atoms with Gasteiger partial charge >= 0.3 is 0 Å². The van der Waals surface area contributed by atoms with Gasteiger partial charge in [-0.1, -0.05) is 0 Å². The summed E-state index contributed by atoms with van der Waals surface area (Å²) < 4.78 is 7.58. The molecule has 1 atom stereocenters. The summed E-state index contributed by atoms with van der Waals surface area (Å²) in [6.07, 6.45) is 1.84. The number of thiazole rings is 1. The first-order valence-corrected chi connectivity index (χ1v) is 11.0. The van der Waals surface area contributed by atoms with Gasteiger partial charge in [0, 0.05) is 67.7 Å². The summed E-state index contributed by atoms with van der Waals surface area (Å²) in [5.74, 6) is 0.803. The summed E-state index contributed by atoms with van der Waals surface area (Å²) in [5.41, 5.74) is 3.24. The Bertz CT molecular complexity index is 1100. The maximum Gasteiger partial charge on any atom is 0.220 e. The Kier molecular flexibility index (Phi) is 4.61. The lowest BCUT2D eigenvalue weighted by Gasteiger charge is -2.56. The van der Waals surface area contributed by atoms with Crippen LogP contribution in [0.3, 0.4) is 0 Å². The number of likely N-dealkylation sites (tertiary alicyclic amines) is 1. The highest BCUT2D eigenvalue weighted by Gasteiger charge is 2.53. The molecular formula is C22H26N4O3S. The van der Waals surface area contributed by atoms with Crippen molar-refractivity contribution in [2.24, 2.45) is 7.05 Å². The fourth-order valence-electron chi connectivity index (χ4n) is 5.39. The van der Waals surface area contributed by atoms with Crippen LogP contribution in [-0.4, -0.2) is 63.7 Å². The molecule has 0 aliphatic carbocycles. The summed E-state index contributed by atoms with van der Waals surface area (Å²) in [5, 5.41) is 14.5. The highest BCUT2D eigenvalue weighted by molar-refractivity contribution is 7.09. The molecule has 2 aromatic heterocycles. The summed E-state index contributed by atoms with van der Waals surface area (Å²) in [6, 6.07) is 5.82. The number of hydrogen-bond acceptors (Lipinski definition) is 6. The average molecular weight is 427 g/mol. The number of nitrogens with zero attached hydrogens (tertiary/aromatic N) is 4. The second-order valence-electron chi connectivity index (χ2n) is 8.40. The van der Waals surface area contributed by atoms with Crippen LogP contribution in [0.25, 0.3) is 10.9 Å². The van der Waals surface area contributed by atoms with Crippen LogP contribution in [-0.2, 0) is 23.8 Å². The molecule has 0 bridgehead atoms. The predicted molar refractivity (Wildman–Crippen MR) is 116 cm³/mol. The number of carbonyl (C=O) groups is 1. The lowest BCUT2D eigenvalue weighted by Crippen LogP contribution is -2.66. The molecule has 1 aromatic carbocycles. The van der Waals surface area contributed by atoms with Gasteiger partial charge in [0.05, 0.1) is 31.8 Å². The third-order valence-electron chi connectivity index (χ3n) is 6.62. The van der Waals surface area contributed by atoms with Crippen LogP contribution in [0.15, 0.2) is 29.8 Å². The molecule has 0 saturated carbocycles. The van der Waals surface area contributed by atoms with Crippen molar-refractivity contribution in [1.82, 2.24) is 19.4 Å². The molecule has 3 aromatic rings. The molecule has 0 unspecified atom stereocenters. The molecule has 30 heavy (non-hydrogen) atoms. The molecule has 8 heteroatoms. The maximum atomic E-state index is 12.5. The Morgan fingerprint density at radius 1 is 1.37 bits per heavy atom. The van der Waals surface area contributed by atoms with E-state index in [4.69, 9.17) is 4.74 Å². The highest BCUT2D eigenvalue weighted by Crippen LogP contribution is 2.49. The van der Waals surface area contributed by atoms with Gasteiger partial charge in [0.15, 0.2) is 0 Å². The minimum Gasteiger partial charge on any atom is -0.497 e. The van der Waals surface area contributed by atoms with E-state index in [0.29, 0.717) is 6.54 Å². The fourth-order valence-corrected chi connectivity index (χ4v) is 6.05. The van der Waals surface area contributed by atoms with Gasteiger partial charge in [-0.3, -0.25) is 9.69 Å². The second-order valence-corrected chi connectivity index (χ2v) is 9.38. The first-order chi connectivity index (χ1) is 14.5. The van der Waals surface area contributed by atoms with Crippen molar-refractivity contribution in [2.45, 2.75) is 24.9 Å². The number of hydrogen-bond donors (Lipinski definition) is 1. The van der Waals surface area contributed by atoms with Crippen molar-refractivity contribution in [3.8, 4) is 5.75 Å². The highest BCUT2D eigenvalue weighted by atomic mass is 32.1. The molecule has 2 aliphatic heterocycles. The molecule has 1 saturated heterocycles. The summed E-state index contributed by atoms with van der Waals surface area (Å²) in [4.78, 5) is 21.2. The number of aryl methyl sites for hydroxylation is 1. The van der Waals surface area contributed by atoms with E-state index in [-0.39, 0.29) is 24.0 Å². The molecule has 1 fully saturated rings. The summed E-state index contributed by atoms with van der Waals surface area (Å²) >= 11 is 1.67. The van der Waals surface area contributed by atoms with E-state index >= 15 is 0 Å². The number of amides is 1. The molecular weight excluding hydrogens is 400 g/mol. The number of aromatic nitrogens is 2. The largest absolute Gasteiger partial charge is 0.497 e. The molecule has 5 rings (SSSR count). The number of aliphatic hydroxyl groups is 1. The van der Waals surface area contributed by atoms with Crippen molar-refractivity contribution >= 4 is 28.1 Å². The molecule has 1 N–H and O–H groups in total. The van der Waals surface area contributed by atoms with Crippen LogP contribution in [0.4, 0.5) is 0 Å². The summed E-state index contributed by atoms with van der Waals surface area (Å²) in [6.45, 7) is 4.70. The van der Waals surface area contributed by atoms with Gasteiger partial charge in [-0.05, 0) is 17.7 Å². The van der Waals surface area contributed by atoms with Crippen molar-refractivity contribution in [3.05, 3.63) is 46.0 Å². The maximum absolute atomic E-state index is 12.5. The molecule has 2 aliphatic rings. The van der Waals surface area contributed by atoms with Crippen LogP contribution in [0.2, 0.25) is 0 Å². The molecule has 158 valence electrons. The van der Waals surface area contributed by atoms with Gasteiger partial charge < -0.3 is 19.3 Å². The molecule has 7 nitrogen and oxygen atoms in total. The second kappa shape index (κ2) is 7.08. The zero-order chi connectivity index (χ0) is 21.0. The predicted octanol–water partition coefficient (Wildman–Crippen LogP) is 2.29. The van der Waals surface area contributed by atoms with E-state index < -0.39 is 0 Å². The molecule has 1 spiro atoms. The van der Waals surface area contributed by atoms with Crippen molar-refractivity contribution in [1.29, 1.82) is 0 Å². The fraction of sp³-hybridized carbons (Fsp3) is 0.455. The van der Waals surface area contributed by atoms with E-state index in [9.17, 15) is 9.90 Å². The van der Waals surface area contributed by atoms with Crippen LogP contribution in [0.1, 0.15) is 29.2 Å². The smallest absolute Gasteiger partial charge is 0.220 e. The Hall–Kier alpha value is -2.42. The first-order valence-electron chi connectivity index (χ1n) is 10.1. The van der Waals surface area contributed by atoms with E-state index in [1.54, 1.807) is 25.4 Å². The Balaban J connectivity index is 1.63. The SMILES string of the molecule is COc1ccc2c3c(n(C)c2c1)[C@@H](CO)N(C(C)=O)CC31CN(Cc2nccs2)C1. The van der Waals surface area contributed by atoms with E-state index in [2.05, 4.69) is 20.5 Å². The number of benzene rings is 1. The molecule has 1 amide bonds. The zero-order valence-corrected chi connectivity index (χ0v) is 18.3. The quantitative estimate of drug-likeness (QED) is 0.693. The van der Waals surface area contributed by atoms with Gasteiger partial charge in [0.25, 0.3) is 0 Å². The monoisotopic (exact) mass is 426 g/mol. The summed E-state index contributed by atoms with van der Waals surface area (Å²) in [7, 11) is 3.69. The molecule has 0 radical (unpaired) electrons. The van der Waals surface area contributed by atoms with Crippen molar-refractivity contribution in [3.63, 3.8) is 0 Å². The Morgan fingerprint density at radius 2 is 2.17 bits per heavy atom. The third kappa shape index (κ3) is 2.78. The molecule has 4 heterocycles. The number of carbonyl (C=O) groups excluding carboxylic acids is 1. The van der Waals surface area contributed by atoms with Crippen molar-refractivity contribution < 1.29 is 14.6 Å². The van der Waals surface area contributed by atoms with Crippen LogP contribution < -0.4 is 4.74 Å². The Labute approximate surface area is 179 Å². The number of fused-ring (bicyclic) bond motifs is 4. The minimum absolute atomic E-state index is 0.000264. The Morgan fingerprint density at radius 3 is 2.80 bits per heavy atom. The number of methoxy groups -OCH3 is 1.